The van der Waals surface area contributed by atoms with E-state index in [9.17, 15) is 4.39 Å². The maximum atomic E-state index is 13.7. The van der Waals surface area contributed by atoms with E-state index in [2.05, 4.69) is 31.0 Å². The molecule has 108 valence electrons. The van der Waals surface area contributed by atoms with Crippen LogP contribution >= 0.6 is 0 Å². The Kier molecular flexibility index (Phi) is 3.16. The van der Waals surface area contributed by atoms with E-state index in [1.807, 2.05) is 16.7 Å². The zero-order valence-electron chi connectivity index (χ0n) is 12.4. The molecule has 0 spiro atoms. The number of aromatic nitrogens is 2. The molecule has 0 unspecified atom stereocenters. The molecule has 3 aromatic rings. The van der Waals surface area contributed by atoms with Crippen LogP contribution in [0.4, 0.5) is 10.3 Å². The number of rotatable bonds is 2. The summed E-state index contributed by atoms with van der Waals surface area (Å²) in [7, 11) is 0. The Balaban J connectivity index is 2.27. The molecule has 0 atom stereocenters. The lowest BCUT2D eigenvalue weighted by Crippen LogP contribution is -2.01. The summed E-state index contributed by atoms with van der Waals surface area (Å²) in [5.41, 5.74) is 10.2. The molecule has 21 heavy (non-hydrogen) atoms. The molecule has 0 amide bonds. The third-order valence-corrected chi connectivity index (χ3v) is 3.76. The zero-order valence-corrected chi connectivity index (χ0v) is 12.4. The minimum atomic E-state index is -0.261. The number of nitrogens with two attached hydrogens (primary N) is 1. The van der Waals surface area contributed by atoms with Gasteiger partial charge in [-0.3, -0.25) is 4.57 Å². The van der Waals surface area contributed by atoms with Crippen LogP contribution in [-0.2, 0) is 0 Å². The Morgan fingerprint density at radius 1 is 1.19 bits per heavy atom. The quantitative estimate of drug-likeness (QED) is 0.766. The van der Waals surface area contributed by atoms with Crippen molar-refractivity contribution in [1.29, 1.82) is 0 Å². The summed E-state index contributed by atoms with van der Waals surface area (Å²) in [5, 5.41) is 0. The van der Waals surface area contributed by atoms with Gasteiger partial charge in [-0.15, -0.1) is 0 Å². The molecule has 2 N–H and O–H groups in total. The molecule has 0 aliphatic carbocycles. The fraction of sp³-hybridized carbons (Fsp3) is 0.235. The van der Waals surface area contributed by atoms with Gasteiger partial charge in [0.25, 0.3) is 0 Å². The summed E-state index contributed by atoms with van der Waals surface area (Å²) in [6, 6.07) is 11.4. The molecule has 0 bridgehead atoms. The molecular weight excluding hydrogens is 265 g/mol. The molecule has 3 rings (SSSR count). The fourth-order valence-corrected chi connectivity index (χ4v) is 2.52. The molecule has 4 heteroatoms. The molecule has 0 fully saturated rings. The number of hydrogen-bond acceptors (Lipinski definition) is 2. The van der Waals surface area contributed by atoms with Crippen LogP contribution in [-0.4, -0.2) is 9.55 Å². The highest BCUT2D eigenvalue weighted by molar-refractivity contribution is 5.81. The van der Waals surface area contributed by atoms with E-state index < -0.39 is 0 Å². The van der Waals surface area contributed by atoms with Crippen LogP contribution in [0.3, 0.4) is 0 Å². The molecular formula is C17H18FN3. The highest BCUT2D eigenvalue weighted by Gasteiger charge is 2.13. The van der Waals surface area contributed by atoms with Crippen molar-refractivity contribution in [3.8, 4) is 5.69 Å². The largest absolute Gasteiger partial charge is 0.369 e. The van der Waals surface area contributed by atoms with E-state index in [-0.39, 0.29) is 5.82 Å². The third kappa shape index (κ3) is 2.27. The molecule has 1 heterocycles. The molecule has 2 aromatic carbocycles. The van der Waals surface area contributed by atoms with Crippen molar-refractivity contribution in [3.63, 3.8) is 0 Å². The van der Waals surface area contributed by atoms with Crippen LogP contribution in [0, 0.1) is 12.7 Å². The normalized spacial score (nSPS) is 11.5. The number of nitrogens with zero attached hydrogens (tertiary/aromatic N) is 2. The minimum Gasteiger partial charge on any atom is -0.369 e. The van der Waals surface area contributed by atoms with Gasteiger partial charge in [-0.05, 0) is 42.2 Å². The number of fused-ring (bicyclic) bond motifs is 1. The van der Waals surface area contributed by atoms with E-state index in [4.69, 9.17) is 5.73 Å². The van der Waals surface area contributed by atoms with E-state index in [0.717, 1.165) is 11.2 Å². The molecule has 0 radical (unpaired) electrons. The van der Waals surface area contributed by atoms with E-state index >= 15 is 0 Å². The Morgan fingerprint density at radius 3 is 2.67 bits per heavy atom. The third-order valence-electron chi connectivity index (χ3n) is 3.76. The Labute approximate surface area is 123 Å². The number of imidazole rings is 1. The Bertz CT molecular complexity index is 818. The lowest BCUT2D eigenvalue weighted by molar-refractivity contribution is 0.620. The van der Waals surface area contributed by atoms with Crippen LogP contribution in [0.25, 0.3) is 16.7 Å². The maximum Gasteiger partial charge on any atom is 0.205 e. The summed E-state index contributed by atoms with van der Waals surface area (Å²) in [6.45, 7) is 6.04. The molecule has 0 saturated heterocycles. The minimum absolute atomic E-state index is 0.261. The maximum absolute atomic E-state index is 13.7. The Morgan fingerprint density at radius 2 is 1.95 bits per heavy atom. The van der Waals surface area contributed by atoms with E-state index in [1.165, 1.54) is 11.6 Å². The lowest BCUT2D eigenvalue weighted by Gasteiger charge is -2.11. The predicted octanol–water partition coefficient (Wildman–Crippen LogP) is 4.18. The van der Waals surface area contributed by atoms with Crippen molar-refractivity contribution in [1.82, 2.24) is 9.55 Å². The number of benzene rings is 2. The second kappa shape index (κ2) is 4.88. The zero-order chi connectivity index (χ0) is 15.1. The second-order valence-corrected chi connectivity index (χ2v) is 5.65. The number of anilines is 1. The average Bonchev–Trinajstić information content (AvgIpc) is 2.74. The van der Waals surface area contributed by atoms with Gasteiger partial charge in [0.05, 0.1) is 11.0 Å². The Hall–Kier alpha value is -2.36. The lowest BCUT2D eigenvalue weighted by atomic mass is 10.0. The SMILES string of the molecule is Cc1cc2c(cc1F)nc(N)n2-c1cccc(C(C)C)c1. The first-order valence-electron chi connectivity index (χ1n) is 7.02. The van der Waals surface area contributed by atoms with E-state index in [1.54, 1.807) is 13.0 Å². The van der Waals surface area contributed by atoms with Gasteiger partial charge >= 0.3 is 0 Å². The van der Waals surface area contributed by atoms with Crippen molar-refractivity contribution < 1.29 is 4.39 Å². The molecule has 1 aromatic heterocycles. The summed E-state index contributed by atoms with van der Waals surface area (Å²) >= 11 is 0. The van der Waals surface area contributed by atoms with Gasteiger partial charge in [-0.2, -0.15) is 0 Å². The number of halogens is 1. The number of nitrogen functional groups attached to an aromatic ring is 1. The second-order valence-electron chi connectivity index (χ2n) is 5.65. The van der Waals surface area contributed by atoms with E-state index in [0.29, 0.717) is 22.9 Å². The van der Waals surface area contributed by atoms with Crippen LogP contribution < -0.4 is 5.73 Å². The first-order chi connectivity index (χ1) is 9.97. The summed E-state index contributed by atoms with van der Waals surface area (Å²) in [6.07, 6.45) is 0. The van der Waals surface area contributed by atoms with Crippen LogP contribution in [0.15, 0.2) is 36.4 Å². The first-order valence-corrected chi connectivity index (χ1v) is 7.02. The van der Waals surface area contributed by atoms with Crippen LogP contribution in [0.5, 0.6) is 0 Å². The monoisotopic (exact) mass is 283 g/mol. The summed E-state index contributed by atoms with van der Waals surface area (Å²) < 4.78 is 15.5. The average molecular weight is 283 g/mol. The standard InChI is InChI=1S/C17H18FN3/c1-10(2)12-5-4-6-13(8-12)21-16-7-11(3)14(18)9-15(16)20-17(21)19/h4-10H,1-3H3,(H2,19,20). The topological polar surface area (TPSA) is 43.8 Å². The van der Waals surface area contributed by atoms with Gasteiger partial charge in [0.15, 0.2) is 0 Å². The molecule has 0 aliphatic heterocycles. The van der Waals surface area contributed by atoms with Crippen molar-refractivity contribution in [2.45, 2.75) is 26.7 Å². The van der Waals surface area contributed by atoms with Crippen molar-refractivity contribution >= 4 is 17.0 Å². The van der Waals surface area contributed by atoms with Crippen molar-refractivity contribution in [2.24, 2.45) is 0 Å². The smallest absolute Gasteiger partial charge is 0.205 e. The van der Waals surface area contributed by atoms with Gasteiger partial charge in [0.1, 0.15) is 5.82 Å². The molecule has 0 aliphatic rings. The highest BCUT2D eigenvalue weighted by Crippen LogP contribution is 2.27. The fourth-order valence-electron chi connectivity index (χ4n) is 2.52. The van der Waals surface area contributed by atoms with Gasteiger partial charge in [-0.1, -0.05) is 26.0 Å². The molecule has 0 saturated carbocycles. The van der Waals surface area contributed by atoms with Crippen LogP contribution in [0.1, 0.15) is 30.9 Å². The van der Waals surface area contributed by atoms with Gasteiger partial charge in [-0.25, -0.2) is 9.37 Å². The number of aryl methyl sites for hydroxylation is 1. The molecule has 3 nitrogen and oxygen atoms in total. The summed E-state index contributed by atoms with van der Waals surface area (Å²) in [5.74, 6) is 0.541. The highest BCUT2D eigenvalue weighted by atomic mass is 19.1. The predicted molar refractivity (Wildman–Crippen MR) is 84.3 cm³/mol. The van der Waals surface area contributed by atoms with Crippen molar-refractivity contribution in [2.75, 3.05) is 5.73 Å². The summed E-state index contributed by atoms with van der Waals surface area (Å²) in [4.78, 5) is 4.27. The van der Waals surface area contributed by atoms with Gasteiger partial charge < -0.3 is 5.73 Å². The van der Waals surface area contributed by atoms with Gasteiger partial charge in [0, 0.05) is 11.8 Å². The van der Waals surface area contributed by atoms with Crippen molar-refractivity contribution in [3.05, 3.63) is 53.3 Å². The first kappa shape index (κ1) is 13.6. The number of hydrogen-bond donors (Lipinski definition) is 1. The van der Waals surface area contributed by atoms with Gasteiger partial charge in [0.2, 0.25) is 5.95 Å². The van der Waals surface area contributed by atoms with Crippen LogP contribution in [0.2, 0.25) is 0 Å².